The first kappa shape index (κ1) is 43.1. The van der Waals surface area contributed by atoms with Crippen LogP contribution in [0.25, 0.3) is 12.2 Å². The fourth-order valence-corrected chi connectivity index (χ4v) is 4.53. The van der Waals surface area contributed by atoms with E-state index in [-0.39, 0.29) is 35.9 Å². The molecule has 0 aromatic heterocycles. The Hall–Kier alpha value is -7.32. The number of ether oxygens (including phenoxy) is 8. The lowest BCUT2D eigenvalue weighted by atomic mass is 10.1. The summed E-state index contributed by atoms with van der Waals surface area (Å²) in [6.45, 7) is 7.85. The van der Waals surface area contributed by atoms with Crippen LogP contribution in [0.4, 0.5) is 0 Å². The second-order valence-electron chi connectivity index (χ2n) is 11.3. The van der Waals surface area contributed by atoms with Crippen molar-refractivity contribution in [2.45, 2.75) is 25.7 Å². The van der Waals surface area contributed by atoms with Crippen LogP contribution < -0.4 is 28.4 Å². The van der Waals surface area contributed by atoms with Crippen molar-refractivity contribution in [2.75, 3.05) is 40.6 Å². The second kappa shape index (κ2) is 23.4. The van der Waals surface area contributed by atoms with Gasteiger partial charge in [0, 0.05) is 12.2 Å². The van der Waals surface area contributed by atoms with Gasteiger partial charge in [-0.15, -0.1) is 0 Å². The Balaban J connectivity index is 1.56. The minimum atomic E-state index is -0.929. The highest BCUT2D eigenvalue weighted by atomic mass is 16.6. The average Bonchev–Trinajstić information content (AvgIpc) is 3.22. The van der Waals surface area contributed by atoms with Crippen molar-refractivity contribution in [3.8, 4) is 46.6 Å². The molecule has 0 heterocycles. The number of carbonyl (C=O) groups excluding carboxylic acids is 4. The Morgan fingerprint density at radius 2 is 0.946 bits per heavy atom. The zero-order valence-corrected chi connectivity index (χ0v) is 30.9. The van der Waals surface area contributed by atoms with Crippen LogP contribution in [-0.4, -0.2) is 64.5 Å². The molecule has 0 radical (unpaired) electrons. The lowest BCUT2D eigenvalue weighted by Gasteiger charge is -2.11. The molecule has 0 saturated heterocycles. The van der Waals surface area contributed by atoms with Gasteiger partial charge in [-0.3, -0.25) is 0 Å². The van der Waals surface area contributed by atoms with Crippen molar-refractivity contribution in [2.24, 2.45) is 0 Å². The van der Waals surface area contributed by atoms with Crippen LogP contribution in [0.15, 0.2) is 97.1 Å². The number of carbonyl (C=O) groups is 4. The van der Waals surface area contributed by atoms with Crippen molar-refractivity contribution >= 4 is 36.0 Å². The molecule has 0 amide bonds. The molecule has 3 rings (SSSR count). The predicted octanol–water partition coefficient (Wildman–Crippen LogP) is 6.51. The average molecular weight is 765 g/mol. The third-order valence-corrected chi connectivity index (χ3v) is 7.34. The third-order valence-electron chi connectivity index (χ3n) is 7.34. The number of esters is 4. The van der Waals surface area contributed by atoms with Gasteiger partial charge >= 0.3 is 23.9 Å². The number of rotatable bonds is 22. The van der Waals surface area contributed by atoms with Gasteiger partial charge in [0.25, 0.3) is 0 Å². The Morgan fingerprint density at radius 1 is 0.571 bits per heavy atom. The van der Waals surface area contributed by atoms with E-state index in [9.17, 15) is 29.7 Å². The number of nitrogens with zero attached hydrogens (tertiary/aromatic N) is 2. The van der Waals surface area contributed by atoms with Crippen LogP contribution in [0.1, 0.15) is 36.8 Å². The molecular formula is C42H40N2O12. The Kier molecular flexibility index (Phi) is 18.0. The van der Waals surface area contributed by atoms with Crippen LogP contribution >= 0.6 is 0 Å². The maximum Gasteiger partial charge on any atom is 0.354 e. The highest BCUT2D eigenvalue weighted by Gasteiger charge is 2.16. The van der Waals surface area contributed by atoms with E-state index >= 15 is 0 Å². The quantitative estimate of drug-likeness (QED) is 0.0354. The van der Waals surface area contributed by atoms with Gasteiger partial charge in [-0.05, 0) is 97.5 Å². The van der Waals surface area contributed by atoms with Crippen LogP contribution in [0.5, 0.6) is 34.5 Å². The maximum atomic E-state index is 12.8. The van der Waals surface area contributed by atoms with E-state index in [1.807, 2.05) is 12.1 Å². The number of benzene rings is 3. The van der Waals surface area contributed by atoms with Gasteiger partial charge in [-0.2, -0.15) is 10.5 Å². The molecule has 0 unspecified atom stereocenters. The first-order valence-electron chi connectivity index (χ1n) is 17.1. The van der Waals surface area contributed by atoms with Crippen molar-refractivity contribution in [3.63, 3.8) is 0 Å². The molecule has 56 heavy (non-hydrogen) atoms. The van der Waals surface area contributed by atoms with Gasteiger partial charge in [0.05, 0.1) is 40.6 Å². The lowest BCUT2D eigenvalue weighted by Crippen LogP contribution is -2.11. The van der Waals surface area contributed by atoms with E-state index in [1.165, 1.54) is 50.6 Å². The first-order valence-corrected chi connectivity index (χ1v) is 17.1. The molecule has 3 aromatic rings. The molecule has 0 N–H and O–H groups in total. The normalized spacial score (nSPS) is 10.8. The molecule has 0 saturated carbocycles. The van der Waals surface area contributed by atoms with Gasteiger partial charge in [0.15, 0.2) is 23.0 Å². The summed E-state index contributed by atoms with van der Waals surface area (Å²) in [6, 6.07) is 18.9. The summed E-state index contributed by atoms with van der Waals surface area (Å²) in [5.41, 5.74) is 0.355. The molecule has 290 valence electrons. The minimum Gasteiger partial charge on any atom is -0.493 e. The van der Waals surface area contributed by atoms with Crippen molar-refractivity contribution in [3.05, 3.63) is 108 Å². The number of nitriles is 2. The van der Waals surface area contributed by atoms with Crippen molar-refractivity contribution in [1.82, 2.24) is 0 Å². The fraction of sp³-hybridized carbons (Fsp3) is 0.238. The summed E-state index contributed by atoms with van der Waals surface area (Å²) < 4.78 is 42.9. The number of hydrogen-bond acceptors (Lipinski definition) is 14. The van der Waals surface area contributed by atoms with Crippen molar-refractivity contribution in [1.29, 1.82) is 10.5 Å². The van der Waals surface area contributed by atoms with Gasteiger partial charge in [0.2, 0.25) is 0 Å². The maximum absolute atomic E-state index is 12.8. The summed E-state index contributed by atoms with van der Waals surface area (Å²) in [6.07, 6.45) is 7.28. The summed E-state index contributed by atoms with van der Waals surface area (Å²) in [4.78, 5) is 47.9. The van der Waals surface area contributed by atoms with E-state index in [0.29, 0.717) is 73.0 Å². The third kappa shape index (κ3) is 14.2. The molecule has 0 spiro atoms. The summed E-state index contributed by atoms with van der Waals surface area (Å²) in [7, 11) is 2.91. The summed E-state index contributed by atoms with van der Waals surface area (Å²) in [5, 5.41) is 19.3. The van der Waals surface area contributed by atoms with Gasteiger partial charge < -0.3 is 37.9 Å². The summed E-state index contributed by atoms with van der Waals surface area (Å²) in [5.74, 6) is -1.05. The van der Waals surface area contributed by atoms with Crippen LogP contribution in [0, 0.1) is 22.7 Å². The molecule has 0 fully saturated rings. The van der Waals surface area contributed by atoms with Gasteiger partial charge in [-0.1, -0.05) is 25.3 Å². The molecule has 0 aliphatic rings. The largest absolute Gasteiger partial charge is 0.493 e. The number of hydrogen-bond donors (Lipinski definition) is 0. The Bertz CT molecular complexity index is 1880. The SMILES string of the molecule is C=CC(=O)OCCCCOc1ccc(/C=C(\C#N)C(=O)Oc2ccc(OC(=O)/C(C#N)=C/c3ccc(OCCCCOC(=O)C=C)c(OC)c3)cc2)cc1OC. The van der Waals surface area contributed by atoms with E-state index in [2.05, 4.69) is 13.2 Å². The van der Waals surface area contributed by atoms with E-state index < -0.39 is 23.9 Å². The number of unbranched alkanes of at least 4 members (excludes halogenated alkanes) is 2. The zero-order chi connectivity index (χ0) is 40.7. The molecule has 0 aliphatic heterocycles. The fourth-order valence-electron chi connectivity index (χ4n) is 4.53. The summed E-state index contributed by atoms with van der Waals surface area (Å²) >= 11 is 0. The zero-order valence-electron chi connectivity index (χ0n) is 30.9. The molecule has 14 heteroatoms. The Morgan fingerprint density at radius 3 is 1.29 bits per heavy atom. The van der Waals surface area contributed by atoms with Gasteiger partial charge in [-0.25, -0.2) is 19.2 Å². The second-order valence-corrected chi connectivity index (χ2v) is 11.3. The lowest BCUT2D eigenvalue weighted by molar-refractivity contribution is -0.138. The molecule has 3 aromatic carbocycles. The first-order chi connectivity index (χ1) is 27.1. The standard InChI is InChI=1S/C42H40N2O12/c1-5-39(45)53-21-9-7-19-51-35-17-11-29(25-37(35)49-3)23-31(27-43)41(47)55-33-13-15-34(16-14-33)56-42(48)32(28-44)24-30-12-18-36(38(26-30)50-4)52-20-8-10-22-54-40(46)6-2/h5-6,11-18,23-26H,1-2,7-10,19-22H2,3-4H3/b31-23+,32-24+. The van der Waals surface area contributed by atoms with Crippen LogP contribution in [0.2, 0.25) is 0 Å². The smallest absolute Gasteiger partial charge is 0.354 e. The predicted molar refractivity (Wildman–Crippen MR) is 203 cm³/mol. The molecule has 14 nitrogen and oxygen atoms in total. The topological polar surface area (TPSA) is 190 Å². The Labute approximate surface area is 324 Å². The van der Waals surface area contributed by atoms with Crippen molar-refractivity contribution < 1.29 is 57.1 Å². The highest BCUT2D eigenvalue weighted by molar-refractivity contribution is 6.00. The van der Waals surface area contributed by atoms with Crippen LogP contribution in [-0.2, 0) is 28.7 Å². The molecular weight excluding hydrogens is 724 g/mol. The number of methoxy groups -OCH3 is 2. The highest BCUT2D eigenvalue weighted by Crippen LogP contribution is 2.31. The van der Waals surface area contributed by atoms with Crippen LogP contribution in [0.3, 0.4) is 0 Å². The minimum absolute atomic E-state index is 0.0677. The molecule has 0 aliphatic carbocycles. The van der Waals surface area contributed by atoms with E-state index in [1.54, 1.807) is 36.4 Å². The van der Waals surface area contributed by atoms with Gasteiger partial charge in [0.1, 0.15) is 34.8 Å². The molecule has 0 bridgehead atoms. The molecule has 0 atom stereocenters. The monoisotopic (exact) mass is 764 g/mol. The van der Waals surface area contributed by atoms with E-state index in [0.717, 1.165) is 12.2 Å². The van der Waals surface area contributed by atoms with E-state index in [4.69, 9.17) is 37.9 Å².